The number of nitrogens with two attached hydrogens (primary N) is 1. The van der Waals surface area contributed by atoms with E-state index in [4.69, 9.17) is 10.5 Å². The van der Waals surface area contributed by atoms with Crippen LogP contribution in [0.15, 0.2) is 63.5 Å². The quantitative estimate of drug-likeness (QED) is 0.348. The Morgan fingerprint density at radius 1 is 0.966 bits per heavy atom. The highest BCUT2D eigenvalue weighted by atomic mass is 79.9. The highest BCUT2D eigenvalue weighted by Crippen LogP contribution is 2.40. The third-order valence-corrected chi connectivity index (χ3v) is 5.81. The van der Waals surface area contributed by atoms with Crippen molar-refractivity contribution in [2.75, 3.05) is 17.7 Å². The van der Waals surface area contributed by atoms with Crippen molar-refractivity contribution < 1.29 is 4.74 Å². The molecule has 1 aromatic heterocycles. The average Bonchev–Trinajstić information content (AvgIpc) is 3.15. The summed E-state index contributed by atoms with van der Waals surface area (Å²) in [6.07, 6.45) is 0.921. The Hall–Kier alpha value is -2.64. The SMILES string of the molecule is Nc1nc(Nc2cccc(Br)c2)c2cc(-c3cc(Br)cc4c3OCC4)ccc2n1. The Balaban J connectivity index is 1.66. The number of nitrogen functional groups attached to an aromatic ring is 1. The molecule has 0 aliphatic carbocycles. The van der Waals surface area contributed by atoms with Crippen molar-refractivity contribution in [3.8, 4) is 16.9 Å². The van der Waals surface area contributed by atoms with Gasteiger partial charge in [0.05, 0.1) is 12.1 Å². The van der Waals surface area contributed by atoms with Crippen LogP contribution in [-0.2, 0) is 6.42 Å². The number of rotatable bonds is 3. The van der Waals surface area contributed by atoms with Gasteiger partial charge in [0, 0.05) is 32.0 Å². The molecule has 2 heterocycles. The van der Waals surface area contributed by atoms with E-state index in [1.54, 1.807) is 0 Å². The van der Waals surface area contributed by atoms with E-state index in [9.17, 15) is 0 Å². The number of hydrogen-bond donors (Lipinski definition) is 2. The Morgan fingerprint density at radius 2 is 1.86 bits per heavy atom. The summed E-state index contributed by atoms with van der Waals surface area (Å²) in [4.78, 5) is 8.85. The van der Waals surface area contributed by atoms with E-state index < -0.39 is 0 Å². The fourth-order valence-corrected chi connectivity index (χ4v) is 4.50. The molecule has 3 N–H and O–H groups in total. The largest absolute Gasteiger partial charge is 0.492 e. The van der Waals surface area contributed by atoms with Gasteiger partial charge >= 0.3 is 0 Å². The van der Waals surface area contributed by atoms with E-state index in [1.807, 2.05) is 36.4 Å². The molecular formula is C22H16Br2N4O. The fourth-order valence-electron chi connectivity index (χ4n) is 3.60. The van der Waals surface area contributed by atoms with Gasteiger partial charge in [0.25, 0.3) is 0 Å². The molecule has 29 heavy (non-hydrogen) atoms. The summed E-state index contributed by atoms with van der Waals surface area (Å²) in [5, 5.41) is 4.26. The molecule has 1 aliphatic heterocycles. The van der Waals surface area contributed by atoms with Crippen molar-refractivity contribution in [3.05, 3.63) is 69.1 Å². The van der Waals surface area contributed by atoms with Gasteiger partial charge in [-0.25, -0.2) is 4.98 Å². The first-order chi connectivity index (χ1) is 14.1. The van der Waals surface area contributed by atoms with Crippen molar-refractivity contribution in [2.24, 2.45) is 0 Å². The Kier molecular flexibility index (Phi) is 4.64. The Bertz CT molecular complexity index is 1260. The molecule has 0 unspecified atom stereocenters. The summed E-state index contributed by atoms with van der Waals surface area (Å²) >= 11 is 7.13. The molecule has 7 heteroatoms. The number of nitrogens with one attached hydrogen (secondary N) is 1. The van der Waals surface area contributed by atoms with Gasteiger partial charge in [-0.1, -0.05) is 44.0 Å². The van der Waals surface area contributed by atoms with Crippen molar-refractivity contribution in [1.29, 1.82) is 0 Å². The summed E-state index contributed by atoms with van der Waals surface area (Å²) in [7, 11) is 0. The third-order valence-electron chi connectivity index (χ3n) is 4.86. The number of aromatic nitrogens is 2. The number of anilines is 3. The standard InChI is InChI=1S/C22H16Br2N4O/c23-14-2-1-3-16(10-14)26-21-18-9-12(4-5-19(18)27-22(25)28-21)17-11-15(24)8-13-6-7-29-20(13)17/h1-5,8-11H,6-7H2,(H3,25,26,27,28). The second-order valence-corrected chi connectivity index (χ2v) is 8.67. The maximum absolute atomic E-state index is 5.95. The zero-order valence-corrected chi connectivity index (χ0v) is 18.4. The van der Waals surface area contributed by atoms with E-state index in [0.29, 0.717) is 12.4 Å². The summed E-state index contributed by atoms with van der Waals surface area (Å²) < 4.78 is 7.94. The Labute approximate surface area is 184 Å². The molecule has 0 saturated heterocycles. The summed E-state index contributed by atoms with van der Waals surface area (Å²) in [6, 6.07) is 18.2. The first kappa shape index (κ1) is 18.4. The monoisotopic (exact) mass is 510 g/mol. The third kappa shape index (κ3) is 3.56. The minimum atomic E-state index is 0.231. The number of ether oxygens (including phenoxy) is 1. The fraction of sp³-hybridized carbons (Fsp3) is 0.0909. The summed E-state index contributed by atoms with van der Waals surface area (Å²) in [5.41, 5.74) is 11.0. The lowest BCUT2D eigenvalue weighted by Gasteiger charge is -2.13. The minimum Gasteiger partial charge on any atom is -0.492 e. The zero-order chi connectivity index (χ0) is 20.0. The molecule has 1 aliphatic rings. The van der Waals surface area contributed by atoms with E-state index in [0.717, 1.165) is 48.8 Å². The lowest BCUT2D eigenvalue weighted by atomic mass is 9.99. The molecule has 0 radical (unpaired) electrons. The minimum absolute atomic E-state index is 0.231. The van der Waals surface area contributed by atoms with Crippen LogP contribution < -0.4 is 15.8 Å². The number of halogens is 2. The molecule has 0 amide bonds. The van der Waals surface area contributed by atoms with E-state index in [2.05, 4.69) is 65.3 Å². The molecule has 5 nitrogen and oxygen atoms in total. The van der Waals surface area contributed by atoms with E-state index in [-0.39, 0.29) is 5.95 Å². The molecule has 144 valence electrons. The van der Waals surface area contributed by atoms with Gasteiger partial charge in [0.2, 0.25) is 5.95 Å². The molecule has 0 saturated carbocycles. The lowest BCUT2D eigenvalue weighted by Crippen LogP contribution is -2.01. The molecule has 3 aromatic carbocycles. The van der Waals surface area contributed by atoms with Crippen LogP contribution in [0.5, 0.6) is 5.75 Å². The second-order valence-electron chi connectivity index (χ2n) is 6.84. The molecule has 0 fully saturated rings. The van der Waals surface area contributed by atoms with Gasteiger partial charge in [-0.05, 0) is 53.6 Å². The van der Waals surface area contributed by atoms with E-state index in [1.165, 1.54) is 5.56 Å². The maximum atomic E-state index is 5.95. The predicted molar refractivity (Wildman–Crippen MR) is 124 cm³/mol. The first-order valence-corrected chi connectivity index (χ1v) is 10.7. The number of nitrogens with zero attached hydrogens (tertiary/aromatic N) is 2. The van der Waals surface area contributed by atoms with Crippen LogP contribution >= 0.6 is 31.9 Å². The van der Waals surface area contributed by atoms with Crippen LogP contribution in [0.1, 0.15) is 5.56 Å². The molecule has 0 bridgehead atoms. The van der Waals surface area contributed by atoms with Gasteiger partial charge in [-0.3, -0.25) is 0 Å². The van der Waals surface area contributed by atoms with Crippen molar-refractivity contribution >= 4 is 60.2 Å². The number of benzene rings is 3. The number of hydrogen-bond acceptors (Lipinski definition) is 5. The summed E-state index contributed by atoms with van der Waals surface area (Å²) in [5.74, 6) is 1.85. The van der Waals surface area contributed by atoms with Crippen LogP contribution in [0.2, 0.25) is 0 Å². The molecular weight excluding hydrogens is 496 g/mol. The highest BCUT2D eigenvalue weighted by Gasteiger charge is 2.19. The predicted octanol–water partition coefficient (Wildman–Crippen LogP) is 6.08. The second kappa shape index (κ2) is 7.31. The Morgan fingerprint density at radius 3 is 2.72 bits per heavy atom. The topological polar surface area (TPSA) is 73.1 Å². The molecule has 4 aromatic rings. The van der Waals surface area contributed by atoms with Crippen LogP contribution in [0.4, 0.5) is 17.5 Å². The van der Waals surface area contributed by atoms with Crippen LogP contribution in [0, 0.1) is 0 Å². The van der Waals surface area contributed by atoms with Crippen LogP contribution in [0.3, 0.4) is 0 Å². The van der Waals surface area contributed by atoms with Crippen LogP contribution in [0.25, 0.3) is 22.0 Å². The zero-order valence-electron chi connectivity index (χ0n) is 15.2. The van der Waals surface area contributed by atoms with Gasteiger partial charge < -0.3 is 15.8 Å². The molecule has 0 atom stereocenters. The van der Waals surface area contributed by atoms with E-state index >= 15 is 0 Å². The highest BCUT2D eigenvalue weighted by molar-refractivity contribution is 9.10. The maximum Gasteiger partial charge on any atom is 0.222 e. The molecule has 5 rings (SSSR count). The smallest absolute Gasteiger partial charge is 0.222 e. The van der Waals surface area contributed by atoms with Crippen LogP contribution in [-0.4, -0.2) is 16.6 Å². The number of fused-ring (bicyclic) bond motifs is 2. The van der Waals surface area contributed by atoms with Crippen molar-refractivity contribution in [2.45, 2.75) is 6.42 Å². The normalized spacial score (nSPS) is 12.6. The lowest BCUT2D eigenvalue weighted by molar-refractivity contribution is 0.358. The summed E-state index contributed by atoms with van der Waals surface area (Å²) in [6.45, 7) is 0.710. The van der Waals surface area contributed by atoms with Crippen molar-refractivity contribution in [1.82, 2.24) is 9.97 Å². The van der Waals surface area contributed by atoms with Gasteiger partial charge in [0.1, 0.15) is 11.6 Å². The van der Waals surface area contributed by atoms with Gasteiger partial charge in [-0.2, -0.15) is 4.98 Å². The van der Waals surface area contributed by atoms with Gasteiger partial charge in [-0.15, -0.1) is 0 Å². The first-order valence-electron chi connectivity index (χ1n) is 9.12. The van der Waals surface area contributed by atoms with Gasteiger partial charge in [0.15, 0.2) is 0 Å². The van der Waals surface area contributed by atoms with Crippen molar-refractivity contribution in [3.63, 3.8) is 0 Å². The molecule has 0 spiro atoms. The average molecular weight is 512 g/mol.